The molecule has 0 saturated heterocycles. The SMILES string of the molecule is COC(=O)Nc1ncc(C2CCC(=O)CC2)s1. The topological polar surface area (TPSA) is 68.3 Å². The second kappa shape index (κ2) is 5.27. The maximum Gasteiger partial charge on any atom is 0.413 e. The summed E-state index contributed by atoms with van der Waals surface area (Å²) in [5.74, 6) is 0.747. The number of nitrogens with one attached hydrogen (secondary N) is 1. The highest BCUT2D eigenvalue weighted by atomic mass is 32.1. The number of aromatic nitrogens is 1. The number of nitrogens with zero attached hydrogens (tertiary/aromatic N) is 1. The standard InChI is InChI=1S/C11H14N2O3S/c1-16-11(15)13-10-12-6-9(17-10)7-2-4-8(14)5-3-7/h6-7H,2-5H2,1H3,(H,12,13,15). The molecule has 6 heteroatoms. The van der Waals surface area contributed by atoms with E-state index in [1.54, 1.807) is 6.20 Å². The minimum absolute atomic E-state index is 0.346. The molecular weight excluding hydrogens is 240 g/mol. The van der Waals surface area contributed by atoms with Crippen molar-refractivity contribution in [1.82, 2.24) is 4.98 Å². The summed E-state index contributed by atoms with van der Waals surface area (Å²) in [6, 6.07) is 0. The van der Waals surface area contributed by atoms with Gasteiger partial charge in [0.2, 0.25) is 0 Å². The number of rotatable bonds is 2. The van der Waals surface area contributed by atoms with Crippen molar-refractivity contribution >= 4 is 28.3 Å². The highest BCUT2D eigenvalue weighted by Crippen LogP contribution is 2.35. The molecule has 1 saturated carbocycles. The zero-order valence-corrected chi connectivity index (χ0v) is 10.4. The first-order chi connectivity index (χ1) is 8.19. The molecule has 0 bridgehead atoms. The Morgan fingerprint density at radius 2 is 2.24 bits per heavy atom. The van der Waals surface area contributed by atoms with Gasteiger partial charge < -0.3 is 4.74 Å². The van der Waals surface area contributed by atoms with Crippen LogP contribution in [0.2, 0.25) is 0 Å². The summed E-state index contributed by atoms with van der Waals surface area (Å²) in [4.78, 5) is 27.4. The van der Waals surface area contributed by atoms with E-state index in [0.29, 0.717) is 29.7 Å². The predicted molar refractivity (Wildman–Crippen MR) is 64.4 cm³/mol. The van der Waals surface area contributed by atoms with Crippen LogP contribution in [0.15, 0.2) is 6.20 Å². The summed E-state index contributed by atoms with van der Waals surface area (Å²) in [7, 11) is 1.32. The lowest BCUT2D eigenvalue weighted by molar-refractivity contribution is -0.120. The van der Waals surface area contributed by atoms with Crippen LogP contribution in [0.3, 0.4) is 0 Å². The molecule has 1 amide bonds. The monoisotopic (exact) mass is 254 g/mol. The number of ketones is 1. The molecule has 0 unspecified atom stereocenters. The number of ether oxygens (including phenoxy) is 1. The van der Waals surface area contributed by atoms with Gasteiger partial charge in [0, 0.05) is 23.9 Å². The van der Waals surface area contributed by atoms with Gasteiger partial charge in [-0.05, 0) is 18.8 Å². The van der Waals surface area contributed by atoms with Gasteiger partial charge in [0.05, 0.1) is 7.11 Å². The molecule has 0 spiro atoms. The van der Waals surface area contributed by atoms with E-state index in [9.17, 15) is 9.59 Å². The van der Waals surface area contributed by atoms with E-state index in [1.807, 2.05) is 0 Å². The Morgan fingerprint density at radius 3 is 2.88 bits per heavy atom. The normalized spacial score (nSPS) is 16.9. The van der Waals surface area contributed by atoms with Crippen LogP contribution in [0.5, 0.6) is 0 Å². The van der Waals surface area contributed by atoms with E-state index in [4.69, 9.17) is 0 Å². The fourth-order valence-corrected chi connectivity index (χ4v) is 2.87. The van der Waals surface area contributed by atoms with E-state index in [-0.39, 0.29) is 0 Å². The second-order valence-electron chi connectivity index (χ2n) is 4.00. The molecule has 0 aliphatic heterocycles. The molecule has 0 aromatic carbocycles. The maximum absolute atomic E-state index is 11.1. The van der Waals surface area contributed by atoms with Gasteiger partial charge in [-0.3, -0.25) is 10.1 Å². The van der Waals surface area contributed by atoms with E-state index >= 15 is 0 Å². The summed E-state index contributed by atoms with van der Waals surface area (Å²) in [5.41, 5.74) is 0. The first kappa shape index (κ1) is 12.0. The van der Waals surface area contributed by atoms with Crippen molar-refractivity contribution in [2.24, 2.45) is 0 Å². The molecule has 92 valence electrons. The molecule has 1 aliphatic carbocycles. The predicted octanol–water partition coefficient (Wildman–Crippen LogP) is 2.55. The molecule has 0 atom stereocenters. The summed E-state index contributed by atoms with van der Waals surface area (Å²) >= 11 is 1.45. The van der Waals surface area contributed by atoms with Crippen LogP contribution in [0.25, 0.3) is 0 Å². The Hall–Kier alpha value is -1.43. The lowest BCUT2D eigenvalue weighted by atomic mass is 9.88. The molecule has 0 radical (unpaired) electrons. The number of methoxy groups -OCH3 is 1. The molecule has 1 aliphatic rings. The number of amides is 1. The van der Waals surface area contributed by atoms with Crippen molar-refractivity contribution in [2.45, 2.75) is 31.6 Å². The number of hydrogen-bond acceptors (Lipinski definition) is 5. The van der Waals surface area contributed by atoms with Crippen molar-refractivity contribution in [2.75, 3.05) is 12.4 Å². The third-order valence-corrected chi connectivity index (χ3v) is 3.94. The molecular formula is C11H14N2O3S. The molecule has 1 N–H and O–H groups in total. The van der Waals surface area contributed by atoms with Crippen molar-refractivity contribution in [3.63, 3.8) is 0 Å². The van der Waals surface area contributed by atoms with Crippen molar-refractivity contribution < 1.29 is 14.3 Å². The van der Waals surface area contributed by atoms with Crippen LogP contribution in [0.4, 0.5) is 9.93 Å². The van der Waals surface area contributed by atoms with Crippen LogP contribution in [-0.2, 0) is 9.53 Å². The molecule has 2 rings (SSSR count). The number of hydrogen-bond donors (Lipinski definition) is 1. The molecule has 17 heavy (non-hydrogen) atoms. The van der Waals surface area contributed by atoms with E-state index in [0.717, 1.165) is 17.7 Å². The highest BCUT2D eigenvalue weighted by molar-refractivity contribution is 7.15. The summed E-state index contributed by atoms with van der Waals surface area (Å²) in [6.45, 7) is 0. The molecule has 5 nitrogen and oxygen atoms in total. The highest BCUT2D eigenvalue weighted by Gasteiger charge is 2.22. The fraction of sp³-hybridized carbons (Fsp3) is 0.545. The lowest BCUT2D eigenvalue weighted by Crippen LogP contribution is -2.11. The third-order valence-electron chi connectivity index (χ3n) is 2.86. The number of Topliss-reactive ketones (excluding diaryl/α,β-unsaturated/α-hetero) is 1. The van der Waals surface area contributed by atoms with E-state index in [2.05, 4.69) is 15.0 Å². The smallest absolute Gasteiger partial charge is 0.413 e. The number of carbonyl (C=O) groups is 2. The molecule has 1 aromatic rings. The van der Waals surface area contributed by atoms with Crippen LogP contribution >= 0.6 is 11.3 Å². The van der Waals surface area contributed by atoms with Crippen LogP contribution in [0, 0.1) is 0 Å². The molecule has 1 aromatic heterocycles. The van der Waals surface area contributed by atoms with Crippen molar-refractivity contribution in [1.29, 1.82) is 0 Å². The minimum Gasteiger partial charge on any atom is -0.453 e. The summed E-state index contributed by atoms with van der Waals surface area (Å²) < 4.78 is 4.49. The summed E-state index contributed by atoms with van der Waals surface area (Å²) in [6.07, 6.45) is 4.35. The third kappa shape index (κ3) is 3.03. The summed E-state index contributed by atoms with van der Waals surface area (Å²) in [5, 5.41) is 3.08. The van der Waals surface area contributed by atoms with Gasteiger partial charge >= 0.3 is 6.09 Å². The Kier molecular flexibility index (Phi) is 3.73. The fourth-order valence-electron chi connectivity index (χ4n) is 1.90. The van der Waals surface area contributed by atoms with Crippen LogP contribution < -0.4 is 5.32 Å². The number of anilines is 1. The second-order valence-corrected chi connectivity index (χ2v) is 5.06. The molecule has 1 fully saturated rings. The zero-order valence-electron chi connectivity index (χ0n) is 9.56. The van der Waals surface area contributed by atoms with Gasteiger partial charge in [0.15, 0.2) is 5.13 Å². The number of carbonyl (C=O) groups excluding carboxylic acids is 2. The average Bonchev–Trinajstić information content (AvgIpc) is 2.78. The maximum atomic E-state index is 11.1. The van der Waals surface area contributed by atoms with Crippen molar-refractivity contribution in [3.8, 4) is 0 Å². The van der Waals surface area contributed by atoms with Crippen LogP contribution in [-0.4, -0.2) is 24.0 Å². The lowest BCUT2D eigenvalue weighted by Gasteiger charge is -2.18. The average molecular weight is 254 g/mol. The minimum atomic E-state index is -0.510. The van der Waals surface area contributed by atoms with Gasteiger partial charge in [-0.2, -0.15) is 0 Å². The van der Waals surface area contributed by atoms with Gasteiger partial charge in [0.1, 0.15) is 5.78 Å². The Labute approximate surface area is 103 Å². The van der Waals surface area contributed by atoms with E-state index < -0.39 is 6.09 Å². The largest absolute Gasteiger partial charge is 0.453 e. The zero-order chi connectivity index (χ0) is 12.3. The Bertz CT molecular complexity index is 420. The van der Waals surface area contributed by atoms with Crippen molar-refractivity contribution in [3.05, 3.63) is 11.1 Å². The van der Waals surface area contributed by atoms with Gasteiger partial charge in [0.25, 0.3) is 0 Å². The number of thiazole rings is 1. The first-order valence-corrected chi connectivity index (χ1v) is 6.33. The molecule has 1 heterocycles. The first-order valence-electron chi connectivity index (χ1n) is 5.51. The van der Waals surface area contributed by atoms with Crippen LogP contribution in [0.1, 0.15) is 36.5 Å². The van der Waals surface area contributed by atoms with Gasteiger partial charge in [-0.1, -0.05) is 0 Å². The quantitative estimate of drug-likeness (QED) is 0.880. The van der Waals surface area contributed by atoms with Gasteiger partial charge in [-0.15, -0.1) is 11.3 Å². The Morgan fingerprint density at radius 1 is 1.53 bits per heavy atom. The Balaban J connectivity index is 1.98. The van der Waals surface area contributed by atoms with Gasteiger partial charge in [-0.25, -0.2) is 9.78 Å². The van der Waals surface area contributed by atoms with E-state index in [1.165, 1.54) is 18.4 Å².